The normalized spacial score (nSPS) is 18.9. The van der Waals surface area contributed by atoms with Crippen LogP contribution in [0.2, 0.25) is 0 Å². The van der Waals surface area contributed by atoms with Crippen LogP contribution in [-0.2, 0) is 21.2 Å². The number of rotatable bonds is 7. The van der Waals surface area contributed by atoms with Gasteiger partial charge in [0.1, 0.15) is 5.75 Å². The Morgan fingerprint density at radius 1 is 1.13 bits per heavy atom. The second kappa shape index (κ2) is 9.21. The molecule has 1 aliphatic rings. The molecule has 0 bridgehead atoms. The van der Waals surface area contributed by atoms with Crippen molar-refractivity contribution in [1.29, 1.82) is 0 Å². The molecule has 1 saturated heterocycles. The number of carbonyl (C=O) groups is 1. The van der Waals surface area contributed by atoms with Crippen LogP contribution in [0.15, 0.2) is 48.5 Å². The number of hydrogen-bond acceptors (Lipinski definition) is 4. The van der Waals surface area contributed by atoms with E-state index < -0.39 is 15.9 Å². The standard InChI is InChI=1S/C24H31NO4S/c1-17(2)22-11-10-18(3)14-23(22)29-19(4)24(26)25(15-20-8-6-5-7-9-20)21-12-13-30(27,28)16-21/h5-11,14,17,19,21H,12-13,15-16H2,1-4H3/t19-,21-/m0/s1. The van der Waals surface area contributed by atoms with Gasteiger partial charge in [-0.05, 0) is 48.9 Å². The first-order valence-corrected chi connectivity index (χ1v) is 12.3. The lowest BCUT2D eigenvalue weighted by molar-refractivity contribution is -0.140. The molecule has 2 aromatic carbocycles. The summed E-state index contributed by atoms with van der Waals surface area (Å²) in [6.07, 6.45) is -0.244. The minimum absolute atomic E-state index is 0.0139. The van der Waals surface area contributed by atoms with Gasteiger partial charge in [0.25, 0.3) is 5.91 Å². The summed E-state index contributed by atoms with van der Waals surface area (Å²) in [7, 11) is -3.11. The highest BCUT2D eigenvalue weighted by atomic mass is 32.2. The number of sulfone groups is 1. The monoisotopic (exact) mass is 429 g/mol. The second-order valence-electron chi connectivity index (χ2n) is 8.46. The molecule has 5 nitrogen and oxygen atoms in total. The van der Waals surface area contributed by atoms with E-state index >= 15 is 0 Å². The van der Waals surface area contributed by atoms with E-state index in [0.717, 1.165) is 16.7 Å². The lowest BCUT2D eigenvalue weighted by Gasteiger charge is -2.31. The maximum Gasteiger partial charge on any atom is 0.263 e. The molecule has 30 heavy (non-hydrogen) atoms. The third kappa shape index (κ3) is 5.42. The average Bonchev–Trinajstić information content (AvgIpc) is 3.05. The highest BCUT2D eigenvalue weighted by Gasteiger charge is 2.36. The smallest absolute Gasteiger partial charge is 0.263 e. The minimum Gasteiger partial charge on any atom is -0.481 e. The molecule has 0 aromatic heterocycles. The lowest BCUT2D eigenvalue weighted by Crippen LogP contribution is -2.46. The zero-order chi connectivity index (χ0) is 21.9. The van der Waals surface area contributed by atoms with Crippen LogP contribution in [0, 0.1) is 6.92 Å². The molecule has 0 radical (unpaired) electrons. The van der Waals surface area contributed by atoms with Crippen LogP contribution in [0.1, 0.15) is 49.8 Å². The van der Waals surface area contributed by atoms with Gasteiger partial charge >= 0.3 is 0 Å². The van der Waals surface area contributed by atoms with Crippen molar-refractivity contribution in [3.05, 3.63) is 65.2 Å². The van der Waals surface area contributed by atoms with Gasteiger partial charge in [-0.2, -0.15) is 0 Å². The zero-order valence-corrected chi connectivity index (χ0v) is 19.0. The first-order valence-electron chi connectivity index (χ1n) is 10.5. The Bertz CT molecular complexity index is 986. The van der Waals surface area contributed by atoms with E-state index in [1.54, 1.807) is 11.8 Å². The molecule has 0 spiro atoms. The lowest BCUT2D eigenvalue weighted by atomic mass is 10.0. The Kier molecular flexibility index (Phi) is 6.86. The molecule has 6 heteroatoms. The number of hydrogen-bond donors (Lipinski definition) is 0. The molecular formula is C24H31NO4S. The van der Waals surface area contributed by atoms with E-state index in [1.165, 1.54) is 0 Å². The van der Waals surface area contributed by atoms with Gasteiger partial charge in [0.15, 0.2) is 15.9 Å². The van der Waals surface area contributed by atoms with Crippen molar-refractivity contribution in [1.82, 2.24) is 4.90 Å². The van der Waals surface area contributed by atoms with Crippen molar-refractivity contribution in [2.24, 2.45) is 0 Å². The highest BCUT2D eigenvalue weighted by Crippen LogP contribution is 2.29. The van der Waals surface area contributed by atoms with Gasteiger partial charge in [-0.25, -0.2) is 8.42 Å². The fourth-order valence-electron chi connectivity index (χ4n) is 3.88. The van der Waals surface area contributed by atoms with Crippen LogP contribution in [-0.4, -0.2) is 42.9 Å². The summed E-state index contributed by atoms with van der Waals surface area (Å²) in [6, 6.07) is 15.4. The topological polar surface area (TPSA) is 63.7 Å². The van der Waals surface area contributed by atoms with Crippen molar-refractivity contribution in [3.8, 4) is 5.75 Å². The van der Waals surface area contributed by atoms with Crippen molar-refractivity contribution in [2.75, 3.05) is 11.5 Å². The predicted octanol–water partition coefficient (Wildman–Crippen LogP) is 4.10. The molecule has 3 rings (SSSR count). The van der Waals surface area contributed by atoms with E-state index in [2.05, 4.69) is 13.8 Å². The van der Waals surface area contributed by atoms with Crippen LogP contribution in [0.4, 0.5) is 0 Å². The van der Waals surface area contributed by atoms with Crippen LogP contribution in [0.5, 0.6) is 5.75 Å². The summed E-state index contributed by atoms with van der Waals surface area (Å²) < 4.78 is 30.3. The summed E-state index contributed by atoms with van der Waals surface area (Å²) in [5.41, 5.74) is 3.09. The molecule has 2 aromatic rings. The SMILES string of the molecule is Cc1ccc(C(C)C)c(O[C@@H](C)C(=O)N(Cc2ccccc2)[C@H]2CCS(=O)(=O)C2)c1. The molecule has 1 aliphatic heterocycles. The maximum atomic E-state index is 13.4. The highest BCUT2D eigenvalue weighted by molar-refractivity contribution is 7.91. The molecule has 0 unspecified atom stereocenters. The fourth-order valence-corrected chi connectivity index (χ4v) is 5.61. The quantitative estimate of drug-likeness (QED) is 0.665. The van der Waals surface area contributed by atoms with E-state index in [1.807, 2.05) is 55.5 Å². The van der Waals surface area contributed by atoms with Gasteiger partial charge in [-0.1, -0.05) is 56.3 Å². The average molecular weight is 430 g/mol. The molecule has 1 fully saturated rings. The molecule has 0 N–H and O–H groups in total. The maximum absolute atomic E-state index is 13.4. The predicted molar refractivity (Wildman–Crippen MR) is 119 cm³/mol. The van der Waals surface area contributed by atoms with Gasteiger partial charge in [0, 0.05) is 12.6 Å². The van der Waals surface area contributed by atoms with Crippen molar-refractivity contribution in [3.63, 3.8) is 0 Å². The fraction of sp³-hybridized carbons (Fsp3) is 0.458. The first-order chi connectivity index (χ1) is 14.2. The van der Waals surface area contributed by atoms with Gasteiger partial charge in [0.05, 0.1) is 11.5 Å². The van der Waals surface area contributed by atoms with Crippen LogP contribution >= 0.6 is 0 Å². The van der Waals surface area contributed by atoms with E-state index in [4.69, 9.17) is 4.74 Å². The zero-order valence-electron chi connectivity index (χ0n) is 18.2. The Hall–Kier alpha value is -2.34. The Balaban J connectivity index is 1.84. The van der Waals surface area contributed by atoms with Crippen molar-refractivity contribution < 1.29 is 17.9 Å². The van der Waals surface area contributed by atoms with Gasteiger partial charge in [-0.3, -0.25) is 4.79 Å². The van der Waals surface area contributed by atoms with E-state index in [-0.39, 0.29) is 29.4 Å². The minimum atomic E-state index is -3.11. The molecule has 162 valence electrons. The number of carbonyl (C=O) groups excluding carboxylic acids is 1. The van der Waals surface area contributed by atoms with Gasteiger partial charge in [0.2, 0.25) is 0 Å². The summed E-state index contributed by atoms with van der Waals surface area (Å²) in [5, 5.41) is 0. The van der Waals surface area contributed by atoms with Crippen molar-refractivity contribution in [2.45, 2.75) is 58.7 Å². The number of aryl methyl sites for hydroxylation is 1. The largest absolute Gasteiger partial charge is 0.481 e. The number of nitrogens with zero attached hydrogens (tertiary/aromatic N) is 1. The first kappa shape index (κ1) is 22.3. The number of ether oxygens (including phenoxy) is 1. The van der Waals surface area contributed by atoms with Crippen molar-refractivity contribution >= 4 is 15.7 Å². The van der Waals surface area contributed by atoms with Crippen LogP contribution in [0.25, 0.3) is 0 Å². The summed E-state index contributed by atoms with van der Waals surface area (Å²) in [4.78, 5) is 15.1. The molecule has 0 saturated carbocycles. The molecular weight excluding hydrogens is 398 g/mol. The molecule has 0 aliphatic carbocycles. The summed E-state index contributed by atoms with van der Waals surface area (Å²) in [5.74, 6) is 0.936. The Labute approximate surface area is 180 Å². The van der Waals surface area contributed by atoms with E-state index in [9.17, 15) is 13.2 Å². The third-order valence-electron chi connectivity index (χ3n) is 5.57. The van der Waals surface area contributed by atoms with Crippen LogP contribution in [0.3, 0.4) is 0 Å². The Morgan fingerprint density at radius 3 is 2.43 bits per heavy atom. The van der Waals surface area contributed by atoms with Crippen LogP contribution < -0.4 is 4.74 Å². The number of benzene rings is 2. The summed E-state index contributed by atoms with van der Waals surface area (Å²) in [6.45, 7) is 8.30. The van der Waals surface area contributed by atoms with Gasteiger partial charge in [-0.15, -0.1) is 0 Å². The van der Waals surface area contributed by atoms with E-state index in [0.29, 0.717) is 18.7 Å². The third-order valence-corrected chi connectivity index (χ3v) is 7.32. The molecule has 2 atom stereocenters. The number of amides is 1. The van der Waals surface area contributed by atoms with Gasteiger partial charge < -0.3 is 9.64 Å². The summed E-state index contributed by atoms with van der Waals surface area (Å²) >= 11 is 0. The second-order valence-corrected chi connectivity index (χ2v) is 10.7. The molecule has 1 heterocycles. The Morgan fingerprint density at radius 2 is 1.83 bits per heavy atom. The molecule has 1 amide bonds.